The summed E-state index contributed by atoms with van der Waals surface area (Å²) in [5.74, 6) is 2.30. The van der Waals surface area contributed by atoms with Gasteiger partial charge in [-0.15, -0.1) is 5.10 Å². The van der Waals surface area contributed by atoms with Crippen LogP contribution >= 0.6 is 0 Å². The lowest BCUT2D eigenvalue weighted by Crippen LogP contribution is -2.54. The van der Waals surface area contributed by atoms with Gasteiger partial charge in [-0.1, -0.05) is 13.3 Å². The van der Waals surface area contributed by atoms with E-state index in [0.717, 1.165) is 37.5 Å². The van der Waals surface area contributed by atoms with Gasteiger partial charge in [0.15, 0.2) is 17.2 Å². The summed E-state index contributed by atoms with van der Waals surface area (Å²) in [5, 5.41) is 10.3. The van der Waals surface area contributed by atoms with Crippen LogP contribution in [0, 0.1) is 6.92 Å². The fraction of sp³-hybridized carbons (Fsp3) is 0.433. The molecule has 13 nitrogen and oxygen atoms in total. The monoisotopic (exact) mass is 588 g/mol. The fourth-order valence-corrected chi connectivity index (χ4v) is 5.22. The Bertz CT molecular complexity index is 1530. The molecule has 13 heteroatoms. The van der Waals surface area contributed by atoms with Gasteiger partial charge in [0, 0.05) is 50.7 Å². The number of furan rings is 1. The van der Waals surface area contributed by atoms with Gasteiger partial charge >= 0.3 is 0 Å². The first-order valence-corrected chi connectivity index (χ1v) is 14.5. The number of nitrogen functional groups attached to an aromatic ring is 1. The molecule has 228 valence electrons. The second kappa shape index (κ2) is 13.1. The average Bonchev–Trinajstić information content (AvgIpc) is 3.71. The smallest absolute Gasteiger partial charge is 0.247 e. The molecule has 43 heavy (non-hydrogen) atoms. The normalized spacial score (nSPS) is 14.3. The van der Waals surface area contributed by atoms with Crippen LogP contribution < -0.4 is 20.4 Å². The van der Waals surface area contributed by atoms with Crippen LogP contribution in [0.5, 0.6) is 5.75 Å². The Morgan fingerprint density at radius 1 is 1.16 bits per heavy atom. The van der Waals surface area contributed by atoms with Crippen molar-refractivity contribution in [1.82, 2.24) is 29.4 Å². The third kappa shape index (κ3) is 6.41. The Morgan fingerprint density at radius 3 is 2.53 bits per heavy atom. The third-order valence-electron chi connectivity index (χ3n) is 7.57. The van der Waals surface area contributed by atoms with Gasteiger partial charge in [-0.05, 0) is 63.8 Å². The van der Waals surface area contributed by atoms with Gasteiger partial charge in [0.2, 0.25) is 17.7 Å². The molecule has 3 aromatic heterocycles. The molecular weight excluding hydrogens is 548 g/mol. The number of carbonyl (C=O) groups excluding carboxylic acids is 1. The maximum absolute atomic E-state index is 14.0. The van der Waals surface area contributed by atoms with Crippen molar-refractivity contribution in [3.63, 3.8) is 0 Å². The minimum Gasteiger partial charge on any atom is -0.492 e. The first kappa shape index (κ1) is 29.8. The van der Waals surface area contributed by atoms with E-state index in [-0.39, 0.29) is 11.9 Å². The van der Waals surface area contributed by atoms with Gasteiger partial charge in [0.05, 0.1) is 6.26 Å². The number of piperazine rings is 1. The van der Waals surface area contributed by atoms with Crippen LogP contribution in [0.2, 0.25) is 0 Å². The van der Waals surface area contributed by atoms with Crippen LogP contribution in [0.25, 0.3) is 17.2 Å². The van der Waals surface area contributed by atoms with E-state index in [1.807, 2.05) is 45.0 Å². The van der Waals surface area contributed by atoms with Crippen molar-refractivity contribution in [2.75, 3.05) is 69.1 Å². The minimum atomic E-state index is -0.590. The Labute approximate surface area is 251 Å². The van der Waals surface area contributed by atoms with Crippen molar-refractivity contribution >= 4 is 35.7 Å². The minimum absolute atomic E-state index is 0.0177. The number of aryl methyl sites for hydroxylation is 1. The number of hydrogen-bond donors (Lipinski definition) is 1. The average molecular weight is 589 g/mol. The zero-order chi connectivity index (χ0) is 30.5. The maximum Gasteiger partial charge on any atom is 0.247 e. The number of rotatable bonds is 12. The van der Waals surface area contributed by atoms with Gasteiger partial charge in [-0.3, -0.25) is 4.79 Å². The molecule has 0 saturated carbocycles. The van der Waals surface area contributed by atoms with Crippen LogP contribution in [0.15, 0.2) is 52.2 Å². The van der Waals surface area contributed by atoms with Gasteiger partial charge in [-0.25, -0.2) is 9.99 Å². The number of likely N-dealkylation sites (N-methyl/N-ethyl adjacent to an activating group) is 1. The Balaban J connectivity index is 1.30. The molecule has 0 aliphatic carbocycles. The number of nitrogens with two attached hydrogens (primary N) is 1. The summed E-state index contributed by atoms with van der Waals surface area (Å²) in [5.41, 5.74) is 8.61. The summed E-state index contributed by atoms with van der Waals surface area (Å²) in [6.45, 7) is 11.8. The number of hydrogen-bond acceptors (Lipinski definition) is 11. The van der Waals surface area contributed by atoms with Crippen molar-refractivity contribution in [2.45, 2.75) is 32.7 Å². The van der Waals surface area contributed by atoms with Gasteiger partial charge in [-0.2, -0.15) is 14.6 Å². The summed E-state index contributed by atoms with van der Waals surface area (Å²) in [7, 11) is 4.05. The molecule has 1 fully saturated rings. The number of nitrogens with zero attached hydrogens (tertiary/aromatic N) is 9. The lowest BCUT2D eigenvalue weighted by molar-refractivity contribution is -0.133. The molecule has 2 N–H and O–H groups in total. The lowest BCUT2D eigenvalue weighted by atomic mass is 10.1. The molecule has 0 radical (unpaired) electrons. The highest BCUT2D eigenvalue weighted by atomic mass is 16.5. The quantitative estimate of drug-likeness (QED) is 0.194. The van der Waals surface area contributed by atoms with E-state index in [1.165, 1.54) is 4.52 Å². The van der Waals surface area contributed by atoms with Crippen molar-refractivity contribution in [3.05, 3.63) is 48.2 Å². The Kier molecular flexibility index (Phi) is 9.10. The molecule has 4 aromatic rings. The molecule has 1 amide bonds. The standard InChI is InChI=1S/C30H40N10O3/c1-6-8-24(29(41)38-16-14-37(15-17-38)22-10-12-23(13-11-22)42-20-18-36(4)5)39(32-3)28-21(2)27-33-26(25-9-7-19-43-25)35-40(27)30(31)34-28/h7,9-13,19,24H,3,6,8,14-18,20H2,1-2,4-5H3,(H2,31,34). The maximum atomic E-state index is 14.0. The highest BCUT2D eigenvalue weighted by Gasteiger charge is 2.34. The van der Waals surface area contributed by atoms with E-state index >= 15 is 0 Å². The predicted molar refractivity (Wildman–Crippen MR) is 168 cm³/mol. The number of benzene rings is 1. The highest BCUT2D eigenvalue weighted by Crippen LogP contribution is 2.29. The van der Waals surface area contributed by atoms with E-state index in [9.17, 15) is 4.79 Å². The number of aromatic nitrogens is 4. The number of carbonyl (C=O) groups is 1. The SMILES string of the molecule is C=NN(c1nc(N)n2nc(-c3ccco3)nc2c1C)C(CCC)C(=O)N1CCN(c2ccc(OCCN(C)C)cc2)CC1. The van der Waals surface area contributed by atoms with Gasteiger partial charge in [0.25, 0.3) is 0 Å². The van der Waals surface area contributed by atoms with Crippen molar-refractivity contribution < 1.29 is 13.9 Å². The first-order chi connectivity index (χ1) is 20.8. The third-order valence-corrected chi connectivity index (χ3v) is 7.57. The molecule has 1 unspecified atom stereocenters. The molecule has 1 atom stereocenters. The largest absolute Gasteiger partial charge is 0.492 e. The van der Waals surface area contributed by atoms with Crippen LogP contribution in [0.4, 0.5) is 17.5 Å². The molecule has 1 aromatic carbocycles. The summed E-state index contributed by atoms with van der Waals surface area (Å²) in [6, 6.07) is 11.1. The molecular formula is C30H40N10O3. The molecule has 1 aliphatic heterocycles. The van der Waals surface area contributed by atoms with Crippen molar-refractivity contribution in [2.24, 2.45) is 5.10 Å². The number of anilines is 3. The molecule has 1 aliphatic rings. The van der Waals surface area contributed by atoms with E-state index in [2.05, 4.69) is 48.8 Å². The molecule has 5 rings (SSSR count). The van der Waals surface area contributed by atoms with Crippen LogP contribution in [0.1, 0.15) is 25.3 Å². The number of hydrazone groups is 1. The molecule has 1 saturated heterocycles. The zero-order valence-corrected chi connectivity index (χ0v) is 25.3. The molecule has 4 heterocycles. The molecule has 0 spiro atoms. The highest BCUT2D eigenvalue weighted by molar-refractivity contribution is 5.86. The van der Waals surface area contributed by atoms with Crippen LogP contribution in [-0.2, 0) is 4.79 Å². The topological polar surface area (TPSA) is 134 Å². The summed E-state index contributed by atoms with van der Waals surface area (Å²) < 4.78 is 12.8. The van der Waals surface area contributed by atoms with Crippen LogP contribution in [-0.4, -0.2) is 101 Å². The predicted octanol–water partition coefficient (Wildman–Crippen LogP) is 3.15. The summed E-state index contributed by atoms with van der Waals surface area (Å²) >= 11 is 0. The summed E-state index contributed by atoms with van der Waals surface area (Å²) in [4.78, 5) is 29.5. The summed E-state index contributed by atoms with van der Waals surface area (Å²) in [6.07, 6.45) is 2.91. The number of amides is 1. The zero-order valence-electron chi connectivity index (χ0n) is 25.3. The van der Waals surface area contributed by atoms with Gasteiger partial charge < -0.3 is 29.6 Å². The Morgan fingerprint density at radius 2 is 1.91 bits per heavy atom. The van der Waals surface area contributed by atoms with Crippen molar-refractivity contribution in [1.29, 1.82) is 0 Å². The lowest BCUT2D eigenvalue weighted by Gasteiger charge is -2.39. The number of fused-ring (bicyclic) bond motifs is 1. The second-order valence-electron chi connectivity index (χ2n) is 10.8. The fourth-order valence-electron chi connectivity index (χ4n) is 5.22. The second-order valence-corrected chi connectivity index (χ2v) is 10.8. The first-order valence-electron chi connectivity index (χ1n) is 14.5. The van der Waals surface area contributed by atoms with E-state index < -0.39 is 6.04 Å². The van der Waals surface area contributed by atoms with Crippen LogP contribution in [0.3, 0.4) is 0 Å². The Hall–Kier alpha value is -4.65. The van der Waals surface area contributed by atoms with E-state index in [1.54, 1.807) is 23.4 Å². The number of ether oxygens (including phenoxy) is 1. The van der Waals surface area contributed by atoms with E-state index in [4.69, 9.17) is 14.9 Å². The van der Waals surface area contributed by atoms with E-state index in [0.29, 0.717) is 54.7 Å². The van der Waals surface area contributed by atoms with Crippen molar-refractivity contribution in [3.8, 4) is 17.3 Å². The van der Waals surface area contributed by atoms with Gasteiger partial charge in [0.1, 0.15) is 18.4 Å². The molecule has 0 bridgehead atoms.